The monoisotopic (exact) mass is 299 g/mol. The fourth-order valence-electron chi connectivity index (χ4n) is 1.34. The van der Waals surface area contributed by atoms with E-state index >= 15 is 0 Å². The van der Waals surface area contributed by atoms with Gasteiger partial charge in [-0.3, -0.25) is 4.99 Å². The third kappa shape index (κ3) is 6.29. The first-order valence-corrected chi connectivity index (χ1v) is 5.97. The maximum Gasteiger partial charge on any atom is 0.218 e. The van der Waals surface area contributed by atoms with Gasteiger partial charge in [0, 0.05) is 20.6 Å². The lowest BCUT2D eigenvalue weighted by Gasteiger charge is -2.09. The van der Waals surface area contributed by atoms with Gasteiger partial charge in [0.2, 0.25) is 5.96 Å². The summed E-state index contributed by atoms with van der Waals surface area (Å²) in [5.41, 5.74) is 12.5. The number of hydrogen-bond acceptors (Lipinski definition) is 2. The number of nitrogens with two attached hydrogens (primary N) is 2. The number of benzene rings is 1. The van der Waals surface area contributed by atoms with Crippen LogP contribution >= 0.6 is 12.4 Å². The number of hydrogen-bond donors (Lipinski definition) is 2. The second-order valence-electron chi connectivity index (χ2n) is 4.20. The van der Waals surface area contributed by atoms with Gasteiger partial charge in [0.05, 0.1) is 7.11 Å². The molecule has 7 heteroatoms. The van der Waals surface area contributed by atoms with Gasteiger partial charge in [-0.1, -0.05) is 12.1 Å². The second kappa shape index (κ2) is 9.03. The highest BCUT2D eigenvalue weighted by atomic mass is 35.5. The number of halogens is 1. The second-order valence-corrected chi connectivity index (χ2v) is 4.20. The minimum absolute atomic E-state index is 0. The summed E-state index contributed by atoms with van der Waals surface area (Å²) in [6.45, 7) is 0.572. The Morgan fingerprint density at radius 3 is 2.30 bits per heavy atom. The standard InChI is InChI=1S/C13H21N5O.ClH/c1-18(2)13(15)17-12(14)16-9-8-10-4-6-11(19-3)7-5-10;/h4-7H,8-9H2,1-3H3,(H4,14,15,16,17);1H. The van der Waals surface area contributed by atoms with Crippen LogP contribution in [-0.2, 0) is 6.42 Å². The number of guanidine groups is 2. The summed E-state index contributed by atoms with van der Waals surface area (Å²) < 4.78 is 5.09. The predicted molar refractivity (Wildman–Crippen MR) is 85.7 cm³/mol. The molecule has 0 bridgehead atoms. The van der Waals surface area contributed by atoms with E-state index in [1.165, 1.54) is 5.56 Å². The third-order valence-corrected chi connectivity index (χ3v) is 2.52. The fraction of sp³-hybridized carbons (Fsp3) is 0.385. The molecular formula is C13H22ClN5O. The van der Waals surface area contributed by atoms with Crippen LogP contribution in [0, 0.1) is 0 Å². The topological polar surface area (TPSA) is 89.2 Å². The van der Waals surface area contributed by atoms with Crippen molar-refractivity contribution in [3.05, 3.63) is 29.8 Å². The van der Waals surface area contributed by atoms with Gasteiger partial charge >= 0.3 is 0 Å². The first kappa shape index (κ1) is 18.0. The Kier molecular flexibility index (Phi) is 8.15. The SMILES string of the molecule is COc1ccc(CCN=C(N)N=C(N)N(C)C)cc1.Cl. The van der Waals surface area contributed by atoms with Crippen LogP contribution in [0.3, 0.4) is 0 Å². The number of ether oxygens (including phenoxy) is 1. The highest BCUT2D eigenvalue weighted by Gasteiger charge is 1.97. The normalized spacial score (nSPS) is 11.8. The fourth-order valence-corrected chi connectivity index (χ4v) is 1.34. The molecule has 1 aromatic carbocycles. The molecule has 0 heterocycles. The minimum atomic E-state index is 0. The molecule has 0 amide bonds. The summed E-state index contributed by atoms with van der Waals surface area (Å²) in [5, 5.41) is 0. The van der Waals surface area contributed by atoms with E-state index in [1.54, 1.807) is 26.1 Å². The zero-order valence-electron chi connectivity index (χ0n) is 12.0. The van der Waals surface area contributed by atoms with Crippen LogP contribution in [0.15, 0.2) is 34.3 Å². The van der Waals surface area contributed by atoms with Crippen molar-refractivity contribution in [3.63, 3.8) is 0 Å². The quantitative estimate of drug-likeness (QED) is 0.637. The van der Waals surface area contributed by atoms with Crippen LogP contribution in [-0.4, -0.2) is 44.6 Å². The molecule has 20 heavy (non-hydrogen) atoms. The molecule has 0 atom stereocenters. The molecule has 0 saturated heterocycles. The van der Waals surface area contributed by atoms with Crippen molar-refractivity contribution < 1.29 is 4.74 Å². The first-order chi connectivity index (χ1) is 9.02. The Hall–Kier alpha value is -1.95. The zero-order valence-corrected chi connectivity index (χ0v) is 12.9. The molecule has 0 aliphatic heterocycles. The summed E-state index contributed by atoms with van der Waals surface area (Å²) in [6, 6.07) is 7.85. The van der Waals surface area contributed by atoms with E-state index in [4.69, 9.17) is 16.2 Å². The molecule has 1 rings (SSSR count). The van der Waals surface area contributed by atoms with Crippen molar-refractivity contribution >= 4 is 24.3 Å². The largest absolute Gasteiger partial charge is 0.497 e. The molecule has 6 nitrogen and oxygen atoms in total. The summed E-state index contributed by atoms with van der Waals surface area (Å²) in [5.74, 6) is 1.38. The Morgan fingerprint density at radius 2 is 1.80 bits per heavy atom. The van der Waals surface area contributed by atoms with Crippen LogP contribution in [0.4, 0.5) is 0 Å². The predicted octanol–water partition coefficient (Wildman–Crippen LogP) is 0.851. The average Bonchev–Trinajstić information content (AvgIpc) is 2.39. The maximum atomic E-state index is 5.66. The van der Waals surface area contributed by atoms with E-state index in [9.17, 15) is 0 Å². The molecule has 0 saturated carbocycles. The Balaban J connectivity index is 0.00000361. The molecule has 0 aliphatic carbocycles. The Bertz CT molecular complexity index is 456. The molecule has 112 valence electrons. The lowest BCUT2D eigenvalue weighted by Crippen LogP contribution is -2.32. The summed E-state index contributed by atoms with van der Waals surface area (Å²) in [6.07, 6.45) is 0.794. The van der Waals surface area contributed by atoms with Crippen molar-refractivity contribution in [2.24, 2.45) is 21.5 Å². The molecule has 0 fully saturated rings. The van der Waals surface area contributed by atoms with Crippen molar-refractivity contribution in [3.8, 4) is 5.75 Å². The van der Waals surface area contributed by atoms with Crippen molar-refractivity contribution in [1.29, 1.82) is 0 Å². The molecule has 0 spiro atoms. The lowest BCUT2D eigenvalue weighted by molar-refractivity contribution is 0.414. The zero-order chi connectivity index (χ0) is 14.3. The van der Waals surface area contributed by atoms with E-state index in [0.717, 1.165) is 12.2 Å². The van der Waals surface area contributed by atoms with E-state index in [1.807, 2.05) is 24.3 Å². The van der Waals surface area contributed by atoms with E-state index in [-0.39, 0.29) is 18.4 Å². The lowest BCUT2D eigenvalue weighted by atomic mass is 10.1. The van der Waals surface area contributed by atoms with E-state index < -0.39 is 0 Å². The van der Waals surface area contributed by atoms with Gasteiger partial charge in [-0.2, -0.15) is 4.99 Å². The van der Waals surface area contributed by atoms with E-state index in [0.29, 0.717) is 12.5 Å². The highest BCUT2D eigenvalue weighted by molar-refractivity contribution is 5.93. The number of aliphatic imine (C=N–C) groups is 2. The van der Waals surface area contributed by atoms with Crippen molar-refractivity contribution in [1.82, 2.24) is 4.90 Å². The number of rotatable bonds is 4. The number of methoxy groups -OCH3 is 1. The summed E-state index contributed by atoms with van der Waals surface area (Å²) >= 11 is 0. The van der Waals surface area contributed by atoms with E-state index in [2.05, 4.69) is 9.98 Å². The van der Waals surface area contributed by atoms with Gasteiger partial charge in [0.15, 0.2) is 5.96 Å². The molecule has 0 aliphatic rings. The van der Waals surface area contributed by atoms with Crippen LogP contribution in [0.1, 0.15) is 5.56 Å². The van der Waals surface area contributed by atoms with Gasteiger partial charge in [-0.05, 0) is 24.1 Å². The smallest absolute Gasteiger partial charge is 0.218 e. The van der Waals surface area contributed by atoms with Crippen LogP contribution < -0.4 is 16.2 Å². The molecule has 4 N–H and O–H groups in total. The maximum absolute atomic E-state index is 5.66. The molecule has 0 unspecified atom stereocenters. The Morgan fingerprint density at radius 1 is 1.20 bits per heavy atom. The number of nitrogens with zero attached hydrogens (tertiary/aromatic N) is 3. The van der Waals surface area contributed by atoms with Crippen molar-refractivity contribution in [2.75, 3.05) is 27.7 Å². The average molecular weight is 300 g/mol. The highest BCUT2D eigenvalue weighted by Crippen LogP contribution is 2.11. The van der Waals surface area contributed by atoms with Gasteiger partial charge in [-0.25, -0.2) is 0 Å². The summed E-state index contributed by atoms with van der Waals surface area (Å²) in [4.78, 5) is 9.79. The molecule has 0 radical (unpaired) electrons. The van der Waals surface area contributed by atoms with Crippen molar-refractivity contribution in [2.45, 2.75) is 6.42 Å². The first-order valence-electron chi connectivity index (χ1n) is 5.97. The van der Waals surface area contributed by atoms with Crippen LogP contribution in [0.5, 0.6) is 5.75 Å². The third-order valence-electron chi connectivity index (χ3n) is 2.52. The summed E-state index contributed by atoms with van der Waals surface area (Å²) in [7, 11) is 5.24. The molecule has 1 aromatic rings. The van der Waals surface area contributed by atoms with Gasteiger partial charge < -0.3 is 21.1 Å². The van der Waals surface area contributed by atoms with Crippen LogP contribution in [0.25, 0.3) is 0 Å². The molecule has 0 aromatic heterocycles. The Labute approximate surface area is 125 Å². The molecular weight excluding hydrogens is 278 g/mol. The minimum Gasteiger partial charge on any atom is -0.497 e. The van der Waals surface area contributed by atoms with Gasteiger partial charge in [-0.15, -0.1) is 12.4 Å². The van der Waals surface area contributed by atoms with Gasteiger partial charge in [0.1, 0.15) is 5.75 Å². The van der Waals surface area contributed by atoms with Crippen LogP contribution in [0.2, 0.25) is 0 Å². The van der Waals surface area contributed by atoms with Gasteiger partial charge in [0.25, 0.3) is 0 Å².